The van der Waals surface area contributed by atoms with Gasteiger partial charge < -0.3 is 10.1 Å². The van der Waals surface area contributed by atoms with Crippen LogP contribution < -0.4 is 10.1 Å². The van der Waals surface area contributed by atoms with E-state index in [9.17, 15) is 0 Å². The van der Waals surface area contributed by atoms with Crippen molar-refractivity contribution in [3.63, 3.8) is 0 Å². The van der Waals surface area contributed by atoms with E-state index in [2.05, 4.69) is 23.8 Å². The van der Waals surface area contributed by atoms with Gasteiger partial charge in [0, 0.05) is 19.0 Å². The number of hydrogen-bond donors (Lipinski definition) is 1. The zero-order valence-electron chi connectivity index (χ0n) is 10.1. The summed E-state index contributed by atoms with van der Waals surface area (Å²) in [7, 11) is 0. The van der Waals surface area contributed by atoms with Crippen LogP contribution in [-0.4, -0.2) is 18.1 Å². The number of nitrogens with one attached hydrogen (secondary N) is 1. The van der Waals surface area contributed by atoms with Crippen LogP contribution in [0.15, 0.2) is 30.4 Å². The zero-order valence-corrected chi connectivity index (χ0v) is 10.1. The second-order valence-electron chi connectivity index (χ2n) is 3.80. The fourth-order valence-corrected chi connectivity index (χ4v) is 1.22. The third kappa shape index (κ3) is 4.94. The molecule has 0 spiro atoms. The molecule has 1 aromatic rings. The lowest BCUT2D eigenvalue weighted by Crippen LogP contribution is -2.13. The molecule has 0 aliphatic carbocycles. The number of hydrogen-bond acceptors (Lipinski definition) is 3. The fourth-order valence-electron chi connectivity index (χ4n) is 1.22. The summed E-state index contributed by atoms with van der Waals surface area (Å²) in [6.45, 7) is 10.3. The third-order valence-electron chi connectivity index (χ3n) is 2.12. The average molecular weight is 220 g/mol. The molecule has 0 radical (unpaired) electrons. The minimum atomic E-state index is 0.646. The van der Waals surface area contributed by atoms with Gasteiger partial charge in [0.2, 0.25) is 5.88 Å². The minimum absolute atomic E-state index is 0.646. The lowest BCUT2D eigenvalue weighted by molar-refractivity contribution is 0.308. The summed E-state index contributed by atoms with van der Waals surface area (Å²) in [4.78, 5) is 4.39. The molecular formula is C13H20N2O. The highest BCUT2D eigenvalue weighted by Crippen LogP contribution is 2.08. The van der Waals surface area contributed by atoms with Crippen molar-refractivity contribution >= 4 is 0 Å². The van der Waals surface area contributed by atoms with Gasteiger partial charge in [-0.05, 0) is 19.5 Å². The highest BCUT2D eigenvalue weighted by Gasteiger charge is 1.98. The Morgan fingerprint density at radius 1 is 1.50 bits per heavy atom. The Morgan fingerprint density at radius 2 is 2.31 bits per heavy atom. The monoisotopic (exact) mass is 220 g/mol. The topological polar surface area (TPSA) is 34.1 Å². The van der Waals surface area contributed by atoms with Crippen LogP contribution in [-0.2, 0) is 6.54 Å². The third-order valence-corrected chi connectivity index (χ3v) is 2.12. The summed E-state index contributed by atoms with van der Waals surface area (Å²) in [6.07, 6.45) is 0.874. The molecule has 0 atom stereocenters. The van der Waals surface area contributed by atoms with Gasteiger partial charge in [0.25, 0.3) is 0 Å². The summed E-state index contributed by atoms with van der Waals surface area (Å²) < 4.78 is 5.54. The van der Waals surface area contributed by atoms with Crippen LogP contribution in [0.4, 0.5) is 0 Å². The highest BCUT2D eigenvalue weighted by atomic mass is 16.5. The van der Waals surface area contributed by atoms with Crippen LogP contribution >= 0.6 is 0 Å². The molecule has 16 heavy (non-hydrogen) atoms. The Kier molecular flexibility index (Phi) is 5.57. The van der Waals surface area contributed by atoms with Crippen molar-refractivity contribution in [3.05, 3.63) is 36.0 Å². The first-order valence-corrected chi connectivity index (χ1v) is 5.66. The molecule has 0 aliphatic rings. The van der Waals surface area contributed by atoms with Crippen LogP contribution in [0.3, 0.4) is 0 Å². The van der Waals surface area contributed by atoms with E-state index in [1.54, 1.807) is 0 Å². The molecule has 0 fully saturated rings. The second-order valence-corrected chi connectivity index (χ2v) is 3.80. The quantitative estimate of drug-likeness (QED) is 0.717. The summed E-state index contributed by atoms with van der Waals surface area (Å²) in [5, 5.41) is 3.23. The van der Waals surface area contributed by atoms with Crippen molar-refractivity contribution < 1.29 is 4.74 Å². The summed E-state index contributed by atoms with van der Waals surface area (Å²) in [5.74, 6) is 0.691. The van der Waals surface area contributed by atoms with Crippen LogP contribution in [0.5, 0.6) is 5.88 Å². The van der Waals surface area contributed by atoms with Gasteiger partial charge in [0.15, 0.2) is 0 Å². The molecular weight excluding hydrogens is 200 g/mol. The van der Waals surface area contributed by atoms with Crippen LogP contribution in [0.25, 0.3) is 0 Å². The van der Waals surface area contributed by atoms with E-state index in [0.717, 1.165) is 30.8 Å². The van der Waals surface area contributed by atoms with E-state index >= 15 is 0 Å². The van der Waals surface area contributed by atoms with Gasteiger partial charge in [0.1, 0.15) is 0 Å². The number of ether oxygens (including phenoxy) is 1. The molecule has 1 heterocycles. The first kappa shape index (κ1) is 12.7. The van der Waals surface area contributed by atoms with Crippen LogP contribution in [0.1, 0.15) is 26.0 Å². The summed E-state index contributed by atoms with van der Waals surface area (Å²) in [6, 6.07) is 5.85. The molecule has 0 unspecified atom stereocenters. The predicted octanol–water partition coefficient (Wildman–Crippen LogP) is 2.54. The molecule has 0 saturated carbocycles. The Hall–Kier alpha value is -1.35. The van der Waals surface area contributed by atoms with Gasteiger partial charge in [-0.15, -0.1) is 6.58 Å². The Bertz CT molecular complexity index is 336. The Labute approximate surface area is 97.5 Å². The SMILES string of the molecule is C=C(C)CCOc1cccc(CNCC)n1. The Balaban J connectivity index is 2.43. The molecule has 0 aromatic carbocycles. The lowest BCUT2D eigenvalue weighted by atomic mass is 10.3. The summed E-state index contributed by atoms with van der Waals surface area (Å²) >= 11 is 0. The van der Waals surface area contributed by atoms with Crippen LogP contribution in [0, 0.1) is 0 Å². The second kappa shape index (κ2) is 7.01. The highest BCUT2D eigenvalue weighted by molar-refractivity contribution is 5.15. The van der Waals surface area contributed by atoms with E-state index in [1.807, 2.05) is 25.1 Å². The number of pyridine rings is 1. The van der Waals surface area contributed by atoms with E-state index in [-0.39, 0.29) is 0 Å². The molecule has 88 valence electrons. The molecule has 1 rings (SSSR count). The largest absolute Gasteiger partial charge is 0.477 e. The molecule has 0 amide bonds. The number of aromatic nitrogens is 1. The van der Waals surface area contributed by atoms with Crippen molar-refractivity contribution in [3.8, 4) is 5.88 Å². The normalized spacial score (nSPS) is 10.1. The van der Waals surface area contributed by atoms with Crippen molar-refractivity contribution in [2.45, 2.75) is 26.8 Å². The molecule has 3 nitrogen and oxygen atoms in total. The maximum absolute atomic E-state index is 5.54. The van der Waals surface area contributed by atoms with E-state index in [1.165, 1.54) is 0 Å². The molecule has 0 aliphatic heterocycles. The molecule has 0 saturated heterocycles. The number of nitrogens with zero attached hydrogens (tertiary/aromatic N) is 1. The molecule has 3 heteroatoms. The van der Waals surface area contributed by atoms with Crippen molar-refractivity contribution in [1.29, 1.82) is 0 Å². The first-order chi connectivity index (χ1) is 7.72. The molecule has 1 aromatic heterocycles. The molecule has 0 bridgehead atoms. The zero-order chi connectivity index (χ0) is 11.8. The van der Waals surface area contributed by atoms with Gasteiger partial charge in [0.05, 0.1) is 12.3 Å². The van der Waals surface area contributed by atoms with Gasteiger partial charge in [-0.2, -0.15) is 0 Å². The van der Waals surface area contributed by atoms with Crippen molar-refractivity contribution in [1.82, 2.24) is 10.3 Å². The summed E-state index contributed by atoms with van der Waals surface area (Å²) in [5.41, 5.74) is 2.14. The fraction of sp³-hybridized carbons (Fsp3) is 0.462. The molecule has 1 N–H and O–H groups in total. The number of rotatable bonds is 7. The average Bonchev–Trinajstić information content (AvgIpc) is 2.26. The minimum Gasteiger partial charge on any atom is -0.477 e. The first-order valence-electron chi connectivity index (χ1n) is 5.66. The maximum Gasteiger partial charge on any atom is 0.213 e. The van der Waals surface area contributed by atoms with E-state index < -0.39 is 0 Å². The Morgan fingerprint density at radius 3 is 3.00 bits per heavy atom. The van der Waals surface area contributed by atoms with Crippen LogP contribution in [0.2, 0.25) is 0 Å². The van der Waals surface area contributed by atoms with Gasteiger partial charge >= 0.3 is 0 Å². The van der Waals surface area contributed by atoms with Crippen molar-refractivity contribution in [2.75, 3.05) is 13.2 Å². The van der Waals surface area contributed by atoms with Gasteiger partial charge in [-0.1, -0.05) is 18.6 Å². The smallest absolute Gasteiger partial charge is 0.213 e. The van der Waals surface area contributed by atoms with E-state index in [4.69, 9.17) is 4.74 Å². The lowest BCUT2D eigenvalue weighted by Gasteiger charge is -2.07. The van der Waals surface area contributed by atoms with Gasteiger partial charge in [-0.25, -0.2) is 4.98 Å². The van der Waals surface area contributed by atoms with Crippen molar-refractivity contribution in [2.24, 2.45) is 0 Å². The maximum atomic E-state index is 5.54. The van der Waals surface area contributed by atoms with E-state index in [0.29, 0.717) is 12.5 Å². The van der Waals surface area contributed by atoms with Gasteiger partial charge in [-0.3, -0.25) is 0 Å². The predicted molar refractivity (Wildman–Crippen MR) is 66.5 cm³/mol. The standard InChI is InChI=1S/C13H20N2O/c1-4-14-10-12-6-5-7-13(15-12)16-9-8-11(2)3/h5-7,14H,2,4,8-10H2,1,3H3.